The molecule has 6 nitrogen and oxygen atoms in total. The van der Waals surface area contributed by atoms with E-state index in [4.69, 9.17) is 4.74 Å². The van der Waals surface area contributed by atoms with E-state index in [1.54, 1.807) is 17.9 Å². The molecule has 0 fully saturated rings. The SMILES string of the molecule is Cn1ncc(CNCC(C)(C)C)c1NC(=O)OC(C)(C)C. The summed E-state index contributed by atoms with van der Waals surface area (Å²) in [5.41, 5.74) is 0.626. The van der Waals surface area contributed by atoms with Crippen LogP contribution in [0.15, 0.2) is 6.20 Å². The minimum Gasteiger partial charge on any atom is -0.444 e. The number of aromatic nitrogens is 2. The number of hydrogen-bond donors (Lipinski definition) is 2. The summed E-state index contributed by atoms with van der Waals surface area (Å²) in [6.45, 7) is 13.5. The second kappa shape index (κ2) is 6.47. The van der Waals surface area contributed by atoms with Crippen LogP contribution in [0.25, 0.3) is 0 Å². The van der Waals surface area contributed by atoms with E-state index < -0.39 is 11.7 Å². The maximum Gasteiger partial charge on any atom is 0.413 e. The molecule has 0 saturated carbocycles. The highest BCUT2D eigenvalue weighted by molar-refractivity contribution is 5.84. The van der Waals surface area contributed by atoms with Crippen LogP contribution in [0.3, 0.4) is 0 Å². The molecule has 1 aromatic heterocycles. The van der Waals surface area contributed by atoms with Crippen molar-refractivity contribution in [2.45, 2.75) is 53.7 Å². The Morgan fingerprint density at radius 3 is 2.43 bits per heavy atom. The van der Waals surface area contributed by atoms with Gasteiger partial charge >= 0.3 is 6.09 Å². The Morgan fingerprint density at radius 1 is 1.29 bits per heavy atom. The molecule has 6 heteroatoms. The number of hydrogen-bond acceptors (Lipinski definition) is 4. The van der Waals surface area contributed by atoms with Crippen LogP contribution in [0.1, 0.15) is 47.1 Å². The van der Waals surface area contributed by atoms with E-state index in [1.807, 2.05) is 20.8 Å². The lowest BCUT2D eigenvalue weighted by molar-refractivity contribution is 0.0634. The lowest BCUT2D eigenvalue weighted by Gasteiger charge is -2.21. The molecule has 1 heterocycles. The second-order valence-electron chi connectivity index (χ2n) is 7.43. The van der Waals surface area contributed by atoms with Crippen LogP contribution < -0.4 is 10.6 Å². The minimum absolute atomic E-state index is 0.209. The summed E-state index contributed by atoms with van der Waals surface area (Å²) in [5, 5.41) is 10.3. The third-order valence-corrected chi connectivity index (χ3v) is 2.60. The Morgan fingerprint density at radius 2 is 1.90 bits per heavy atom. The normalized spacial score (nSPS) is 12.3. The molecule has 1 aromatic rings. The highest BCUT2D eigenvalue weighted by Gasteiger charge is 2.19. The van der Waals surface area contributed by atoms with Crippen molar-refractivity contribution in [2.24, 2.45) is 12.5 Å². The van der Waals surface area contributed by atoms with Gasteiger partial charge in [-0.15, -0.1) is 0 Å². The maximum atomic E-state index is 11.9. The van der Waals surface area contributed by atoms with Gasteiger partial charge in [0.25, 0.3) is 0 Å². The van der Waals surface area contributed by atoms with Crippen LogP contribution >= 0.6 is 0 Å². The first-order valence-electron chi connectivity index (χ1n) is 7.19. The Bertz CT molecular complexity index is 481. The number of aryl methyl sites for hydroxylation is 1. The van der Waals surface area contributed by atoms with Crippen molar-refractivity contribution in [1.29, 1.82) is 0 Å². The molecule has 0 saturated heterocycles. The summed E-state index contributed by atoms with van der Waals surface area (Å²) in [7, 11) is 1.79. The summed E-state index contributed by atoms with van der Waals surface area (Å²) in [6, 6.07) is 0. The van der Waals surface area contributed by atoms with Crippen LogP contribution in [-0.4, -0.2) is 28.0 Å². The third-order valence-electron chi connectivity index (χ3n) is 2.60. The topological polar surface area (TPSA) is 68.2 Å². The minimum atomic E-state index is -0.521. The fraction of sp³-hybridized carbons (Fsp3) is 0.733. The standard InChI is InChI=1S/C15H28N4O2/c1-14(2,3)10-16-8-11-9-17-19(7)12(11)18-13(20)21-15(4,5)6/h9,16H,8,10H2,1-7H3,(H,18,20). The smallest absolute Gasteiger partial charge is 0.413 e. The zero-order valence-electron chi connectivity index (χ0n) is 14.2. The highest BCUT2D eigenvalue weighted by Crippen LogP contribution is 2.17. The molecule has 0 atom stereocenters. The van der Waals surface area contributed by atoms with Crippen molar-refractivity contribution in [1.82, 2.24) is 15.1 Å². The molecule has 1 amide bonds. The molecule has 1 rings (SSSR count). The summed E-state index contributed by atoms with van der Waals surface area (Å²) < 4.78 is 6.91. The maximum absolute atomic E-state index is 11.9. The molecule has 0 aromatic carbocycles. The molecule has 0 aliphatic carbocycles. The van der Waals surface area contributed by atoms with Crippen molar-refractivity contribution < 1.29 is 9.53 Å². The van der Waals surface area contributed by atoms with E-state index in [1.165, 1.54) is 0 Å². The lowest BCUT2D eigenvalue weighted by Crippen LogP contribution is -2.29. The van der Waals surface area contributed by atoms with E-state index in [9.17, 15) is 4.79 Å². The number of nitrogens with one attached hydrogen (secondary N) is 2. The number of carbonyl (C=O) groups excluding carboxylic acids is 1. The molecule has 0 bridgehead atoms. The predicted octanol–water partition coefficient (Wildman–Crippen LogP) is 2.90. The van der Waals surface area contributed by atoms with Crippen LogP contribution in [0.4, 0.5) is 10.6 Å². The van der Waals surface area contributed by atoms with E-state index in [0.29, 0.717) is 12.4 Å². The van der Waals surface area contributed by atoms with Gasteiger partial charge in [-0.1, -0.05) is 20.8 Å². The quantitative estimate of drug-likeness (QED) is 0.896. The molecule has 120 valence electrons. The van der Waals surface area contributed by atoms with Gasteiger partial charge in [-0.2, -0.15) is 5.10 Å². The van der Waals surface area contributed by atoms with Gasteiger partial charge in [0, 0.05) is 25.7 Å². The molecule has 0 aliphatic rings. The van der Waals surface area contributed by atoms with Crippen molar-refractivity contribution >= 4 is 11.9 Å². The largest absolute Gasteiger partial charge is 0.444 e. The first-order valence-corrected chi connectivity index (χ1v) is 7.19. The van der Waals surface area contributed by atoms with E-state index in [-0.39, 0.29) is 5.41 Å². The Balaban J connectivity index is 2.66. The van der Waals surface area contributed by atoms with Crippen LogP contribution in [0.2, 0.25) is 0 Å². The van der Waals surface area contributed by atoms with Crippen molar-refractivity contribution in [3.63, 3.8) is 0 Å². The van der Waals surface area contributed by atoms with Gasteiger partial charge in [0.15, 0.2) is 0 Å². The van der Waals surface area contributed by atoms with Gasteiger partial charge in [-0.25, -0.2) is 4.79 Å². The van der Waals surface area contributed by atoms with Gasteiger partial charge in [-0.05, 0) is 26.2 Å². The molecular weight excluding hydrogens is 268 g/mol. The molecule has 0 aliphatic heterocycles. The van der Waals surface area contributed by atoms with Crippen LogP contribution in [0, 0.1) is 5.41 Å². The first-order chi connectivity index (χ1) is 9.48. The average Bonchev–Trinajstić information content (AvgIpc) is 2.57. The number of anilines is 1. The van der Waals surface area contributed by atoms with E-state index in [0.717, 1.165) is 12.1 Å². The summed E-state index contributed by atoms with van der Waals surface area (Å²) >= 11 is 0. The number of rotatable bonds is 4. The molecular formula is C15H28N4O2. The molecule has 2 N–H and O–H groups in total. The van der Waals surface area contributed by atoms with Crippen molar-refractivity contribution in [2.75, 3.05) is 11.9 Å². The molecule has 21 heavy (non-hydrogen) atoms. The Hall–Kier alpha value is -1.56. The predicted molar refractivity (Wildman–Crippen MR) is 84.2 cm³/mol. The van der Waals surface area contributed by atoms with Crippen molar-refractivity contribution in [3.05, 3.63) is 11.8 Å². The fourth-order valence-corrected chi connectivity index (χ4v) is 1.75. The molecule has 0 spiro atoms. The lowest BCUT2D eigenvalue weighted by atomic mass is 9.97. The van der Waals surface area contributed by atoms with Crippen LogP contribution in [0.5, 0.6) is 0 Å². The van der Waals surface area contributed by atoms with E-state index in [2.05, 4.69) is 36.5 Å². The summed E-state index contributed by atoms with van der Waals surface area (Å²) in [5.74, 6) is 0.658. The first kappa shape index (κ1) is 17.5. The number of nitrogens with zero attached hydrogens (tertiary/aromatic N) is 2. The van der Waals surface area contributed by atoms with Gasteiger partial charge in [-0.3, -0.25) is 10.00 Å². The monoisotopic (exact) mass is 296 g/mol. The summed E-state index contributed by atoms with van der Waals surface area (Å²) in [6.07, 6.45) is 1.28. The Labute approximate surface area is 127 Å². The van der Waals surface area contributed by atoms with Gasteiger partial charge < -0.3 is 10.1 Å². The van der Waals surface area contributed by atoms with Crippen LogP contribution in [-0.2, 0) is 18.3 Å². The highest BCUT2D eigenvalue weighted by atomic mass is 16.6. The molecule has 0 unspecified atom stereocenters. The number of amides is 1. The van der Waals surface area contributed by atoms with Crippen molar-refractivity contribution in [3.8, 4) is 0 Å². The van der Waals surface area contributed by atoms with Gasteiger partial charge in [0.1, 0.15) is 11.4 Å². The second-order valence-corrected chi connectivity index (χ2v) is 7.43. The molecule has 0 radical (unpaired) electrons. The number of carbonyl (C=O) groups is 1. The zero-order valence-corrected chi connectivity index (χ0v) is 14.2. The van der Waals surface area contributed by atoms with E-state index >= 15 is 0 Å². The van der Waals surface area contributed by atoms with Gasteiger partial charge in [0.05, 0.1) is 6.20 Å². The zero-order chi connectivity index (χ0) is 16.3. The number of ether oxygens (including phenoxy) is 1. The van der Waals surface area contributed by atoms with Gasteiger partial charge in [0.2, 0.25) is 0 Å². The average molecular weight is 296 g/mol. The summed E-state index contributed by atoms with van der Waals surface area (Å²) in [4.78, 5) is 11.9. The fourth-order valence-electron chi connectivity index (χ4n) is 1.75. The third kappa shape index (κ3) is 6.62. The Kier molecular flexibility index (Phi) is 5.39.